The number of benzene rings is 1. The van der Waals surface area contributed by atoms with Crippen LogP contribution in [0.3, 0.4) is 0 Å². The van der Waals surface area contributed by atoms with Gasteiger partial charge in [0.2, 0.25) is 5.91 Å². The molecule has 0 bridgehead atoms. The molecule has 0 saturated carbocycles. The third-order valence-corrected chi connectivity index (χ3v) is 4.26. The number of nitrogens with one attached hydrogen (secondary N) is 1. The second-order valence-corrected chi connectivity index (χ2v) is 5.79. The van der Waals surface area contributed by atoms with Crippen molar-refractivity contribution in [1.29, 1.82) is 0 Å². The Kier molecular flexibility index (Phi) is 2.86. The van der Waals surface area contributed by atoms with E-state index in [4.69, 9.17) is 0 Å². The summed E-state index contributed by atoms with van der Waals surface area (Å²) in [7, 11) is 0. The first-order valence-electron chi connectivity index (χ1n) is 6.91. The molecule has 0 aliphatic carbocycles. The lowest BCUT2D eigenvalue weighted by Crippen LogP contribution is -2.51. The molecule has 0 aromatic heterocycles. The van der Waals surface area contributed by atoms with E-state index >= 15 is 0 Å². The summed E-state index contributed by atoms with van der Waals surface area (Å²) in [5.41, 5.74) is 1.18. The fraction of sp³-hybridized carbons (Fsp3) is 0.533. The van der Waals surface area contributed by atoms with E-state index in [1.54, 1.807) is 12.1 Å². The number of hydrogen-bond acceptors (Lipinski definition) is 2. The second kappa shape index (κ2) is 4.30. The molecule has 2 heterocycles. The molecule has 1 fully saturated rings. The van der Waals surface area contributed by atoms with Crippen LogP contribution in [0.4, 0.5) is 10.1 Å². The molecule has 1 aromatic rings. The van der Waals surface area contributed by atoms with Gasteiger partial charge in [0.25, 0.3) is 0 Å². The Bertz CT molecular complexity index is 521. The van der Waals surface area contributed by atoms with Crippen molar-refractivity contribution in [3.05, 3.63) is 29.6 Å². The number of hydrogen-bond donors (Lipinski definition) is 1. The number of anilines is 1. The van der Waals surface area contributed by atoms with Crippen molar-refractivity contribution in [3.8, 4) is 0 Å². The monoisotopic (exact) mass is 262 g/mol. The Hall–Kier alpha value is -1.42. The average molecular weight is 262 g/mol. The van der Waals surface area contributed by atoms with E-state index in [-0.39, 0.29) is 17.8 Å². The summed E-state index contributed by atoms with van der Waals surface area (Å²) in [5, 5.41) is 3.30. The molecule has 1 atom stereocenters. The van der Waals surface area contributed by atoms with Crippen LogP contribution in [0.15, 0.2) is 18.2 Å². The highest BCUT2D eigenvalue weighted by molar-refractivity contribution is 6.08. The van der Waals surface area contributed by atoms with Crippen LogP contribution in [0.5, 0.6) is 0 Å². The van der Waals surface area contributed by atoms with E-state index in [2.05, 4.69) is 5.32 Å². The van der Waals surface area contributed by atoms with E-state index in [1.165, 1.54) is 6.07 Å². The fourth-order valence-electron chi connectivity index (χ4n) is 3.39. The normalized spacial score (nSPS) is 26.3. The maximum atomic E-state index is 13.6. The maximum Gasteiger partial charge on any atom is 0.239 e. The van der Waals surface area contributed by atoms with Gasteiger partial charge in [-0.25, -0.2) is 4.39 Å². The first kappa shape index (κ1) is 12.6. The van der Waals surface area contributed by atoms with E-state index in [9.17, 15) is 9.18 Å². The summed E-state index contributed by atoms with van der Waals surface area (Å²) in [6.45, 7) is 5.55. The van der Waals surface area contributed by atoms with Crippen LogP contribution < -0.4 is 10.2 Å². The highest BCUT2D eigenvalue weighted by Crippen LogP contribution is 2.46. The quantitative estimate of drug-likeness (QED) is 0.841. The lowest BCUT2D eigenvalue weighted by atomic mass is 9.75. The molecule has 102 valence electrons. The molecule has 3 rings (SSSR count). The number of carbonyl (C=O) groups is 1. The standard InChI is InChI=1S/C15H19FN2O/c1-10(2)18-13-5-4-11(16)8-12(13)15(14(18)19)6-3-7-17-9-15/h4-5,8,10,17H,3,6-7,9H2,1-2H3/t15-/m1/s1. The van der Waals surface area contributed by atoms with Gasteiger partial charge in [-0.3, -0.25) is 4.79 Å². The molecule has 4 heteroatoms. The Morgan fingerprint density at radius 3 is 2.84 bits per heavy atom. The zero-order valence-corrected chi connectivity index (χ0v) is 11.4. The Morgan fingerprint density at radius 2 is 2.21 bits per heavy atom. The van der Waals surface area contributed by atoms with Gasteiger partial charge in [-0.15, -0.1) is 0 Å². The minimum Gasteiger partial charge on any atom is -0.315 e. The summed E-state index contributed by atoms with van der Waals surface area (Å²) in [6, 6.07) is 4.82. The van der Waals surface area contributed by atoms with Crippen molar-refractivity contribution in [2.45, 2.75) is 38.1 Å². The van der Waals surface area contributed by atoms with Gasteiger partial charge in [0.1, 0.15) is 5.82 Å². The molecule has 19 heavy (non-hydrogen) atoms. The molecule has 2 aliphatic heterocycles. The van der Waals surface area contributed by atoms with Gasteiger partial charge < -0.3 is 10.2 Å². The van der Waals surface area contributed by atoms with Crippen LogP contribution in [0.2, 0.25) is 0 Å². The minimum atomic E-state index is -0.556. The van der Waals surface area contributed by atoms with Crippen LogP contribution in [-0.4, -0.2) is 25.0 Å². The summed E-state index contributed by atoms with van der Waals surface area (Å²) in [6.07, 6.45) is 1.76. The number of rotatable bonds is 1. The topological polar surface area (TPSA) is 32.3 Å². The predicted octanol–water partition coefficient (Wildman–Crippen LogP) is 2.20. The molecule has 1 aromatic carbocycles. The third-order valence-electron chi connectivity index (χ3n) is 4.26. The van der Waals surface area contributed by atoms with Crippen LogP contribution in [0, 0.1) is 5.82 Å². The number of nitrogens with zero attached hydrogens (tertiary/aromatic N) is 1. The largest absolute Gasteiger partial charge is 0.315 e. The smallest absolute Gasteiger partial charge is 0.239 e. The van der Waals surface area contributed by atoms with Crippen molar-refractivity contribution >= 4 is 11.6 Å². The summed E-state index contributed by atoms with van der Waals surface area (Å²) in [5.74, 6) is -0.141. The Balaban J connectivity index is 2.17. The predicted molar refractivity (Wildman–Crippen MR) is 72.8 cm³/mol. The lowest BCUT2D eigenvalue weighted by molar-refractivity contribution is -0.124. The maximum absolute atomic E-state index is 13.6. The number of halogens is 1. The number of amides is 1. The minimum absolute atomic E-state index is 0.0954. The molecule has 0 unspecified atom stereocenters. The molecule has 0 radical (unpaired) electrons. The zero-order chi connectivity index (χ0) is 13.6. The SMILES string of the molecule is CC(C)N1C(=O)[C@@]2(CCCNC2)c2cc(F)ccc21. The van der Waals surface area contributed by atoms with Crippen molar-refractivity contribution in [1.82, 2.24) is 5.32 Å². The zero-order valence-electron chi connectivity index (χ0n) is 11.4. The molecular formula is C15H19FN2O. The van der Waals surface area contributed by atoms with E-state index in [1.807, 2.05) is 18.7 Å². The van der Waals surface area contributed by atoms with Crippen molar-refractivity contribution in [3.63, 3.8) is 0 Å². The summed E-state index contributed by atoms with van der Waals surface area (Å²) >= 11 is 0. The van der Waals surface area contributed by atoms with Crippen molar-refractivity contribution in [2.75, 3.05) is 18.0 Å². The van der Waals surface area contributed by atoms with Gasteiger partial charge in [-0.2, -0.15) is 0 Å². The van der Waals surface area contributed by atoms with Crippen LogP contribution >= 0.6 is 0 Å². The summed E-state index contributed by atoms with van der Waals surface area (Å²) in [4.78, 5) is 14.7. The van der Waals surface area contributed by atoms with Gasteiger partial charge in [-0.1, -0.05) is 0 Å². The highest BCUT2D eigenvalue weighted by atomic mass is 19.1. The molecular weight excluding hydrogens is 243 g/mol. The van der Waals surface area contributed by atoms with Gasteiger partial charge in [-0.05, 0) is 57.0 Å². The van der Waals surface area contributed by atoms with Gasteiger partial charge in [0.05, 0.1) is 5.41 Å². The fourth-order valence-corrected chi connectivity index (χ4v) is 3.39. The molecule has 3 nitrogen and oxygen atoms in total. The van der Waals surface area contributed by atoms with Gasteiger partial charge >= 0.3 is 0 Å². The average Bonchev–Trinajstić information content (AvgIpc) is 2.61. The molecule has 1 amide bonds. The first-order valence-corrected chi connectivity index (χ1v) is 6.91. The van der Waals surface area contributed by atoms with Gasteiger partial charge in [0, 0.05) is 18.3 Å². The second-order valence-electron chi connectivity index (χ2n) is 5.79. The number of carbonyl (C=O) groups excluding carboxylic acids is 1. The van der Waals surface area contributed by atoms with Crippen molar-refractivity contribution < 1.29 is 9.18 Å². The number of fused-ring (bicyclic) bond motifs is 2. The lowest BCUT2D eigenvalue weighted by Gasteiger charge is -2.33. The van der Waals surface area contributed by atoms with E-state index < -0.39 is 5.41 Å². The molecule has 1 spiro atoms. The molecule has 1 N–H and O–H groups in total. The first-order chi connectivity index (χ1) is 9.06. The van der Waals surface area contributed by atoms with E-state index in [0.717, 1.165) is 30.6 Å². The van der Waals surface area contributed by atoms with Gasteiger partial charge in [0.15, 0.2) is 0 Å². The van der Waals surface area contributed by atoms with Crippen LogP contribution in [0.25, 0.3) is 0 Å². The van der Waals surface area contributed by atoms with E-state index in [0.29, 0.717) is 6.54 Å². The highest BCUT2D eigenvalue weighted by Gasteiger charge is 2.51. The Labute approximate surface area is 112 Å². The van der Waals surface area contributed by atoms with Crippen LogP contribution in [0.1, 0.15) is 32.3 Å². The molecule has 2 aliphatic rings. The van der Waals surface area contributed by atoms with Crippen LogP contribution in [-0.2, 0) is 10.2 Å². The molecule has 1 saturated heterocycles. The van der Waals surface area contributed by atoms with Crippen molar-refractivity contribution in [2.24, 2.45) is 0 Å². The summed E-state index contributed by atoms with van der Waals surface area (Å²) < 4.78 is 13.6. The Morgan fingerprint density at radius 1 is 1.42 bits per heavy atom. The number of piperidine rings is 1. The third kappa shape index (κ3) is 1.70.